The summed E-state index contributed by atoms with van der Waals surface area (Å²) in [7, 11) is 0. The SMILES string of the molecule is NC1CCOc2c(cccc2C(F)(F)F)NC1=O. The van der Waals surface area contributed by atoms with E-state index in [1.807, 2.05) is 0 Å². The highest BCUT2D eigenvalue weighted by Crippen LogP contribution is 2.40. The largest absolute Gasteiger partial charge is 0.491 e. The lowest BCUT2D eigenvalue weighted by Crippen LogP contribution is -2.38. The van der Waals surface area contributed by atoms with Crippen LogP contribution in [0.3, 0.4) is 0 Å². The van der Waals surface area contributed by atoms with E-state index in [0.717, 1.165) is 6.07 Å². The maximum Gasteiger partial charge on any atom is 0.420 e. The monoisotopic (exact) mass is 260 g/mol. The predicted molar refractivity (Wildman–Crippen MR) is 58.2 cm³/mol. The summed E-state index contributed by atoms with van der Waals surface area (Å²) in [5.41, 5.74) is 4.60. The number of hydrogen-bond donors (Lipinski definition) is 2. The molecule has 0 radical (unpaired) electrons. The number of alkyl halides is 3. The highest BCUT2D eigenvalue weighted by atomic mass is 19.4. The van der Waals surface area contributed by atoms with Crippen molar-refractivity contribution in [1.29, 1.82) is 0 Å². The van der Waals surface area contributed by atoms with Gasteiger partial charge in [-0.2, -0.15) is 13.2 Å². The standard InChI is InChI=1S/C11H11F3N2O2/c12-11(13,14)6-2-1-3-8-9(6)18-5-4-7(15)10(17)16-8/h1-3,7H,4-5,15H2,(H,16,17). The number of nitrogens with one attached hydrogen (secondary N) is 1. The van der Waals surface area contributed by atoms with Gasteiger partial charge in [0.2, 0.25) is 5.91 Å². The molecule has 1 aliphatic rings. The summed E-state index contributed by atoms with van der Waals surface area (Å²) in [6.07, 6.45) is -4.37. The van der Waals surface area contributed by atoms with Crippen LogP contribution in [0, 0.1) is 0 Å². The van der Waals surface area contributed by atoms with Crippen LogP contribution in [0.4, 0.5) is 18.9 Å². The van der Waals surface area contributed by atoms with Gasteiger partial charge in [0.25, 0.3) is 0 Å². The van der Waals surface area contributed by atoms with Gasteiger partial charge in [-0.15, -0.1) is 0 Å². The Bertz CT molecular complexity index is 474. The number of halogens is 3. The highest BCUT2D eigenvalue weighted by Gasteiger charge is 2.36. The van der Waals surface area contributed by atoms with Crippen molar-refractivity contribution in [2.75, 3.05) is 11.9 Å². The van der Waals surface area contributed by atoms with Crippen LogP contribution in [0.1, 0.15) is 12.0 Å². The molecule has 0 bridgehead atoms. The smallest absolute Gasteiger partial charge is 0.420 e. The van der Waals surface area contributed by atoms with Crippen LogP contribution in [-0.4, -0.2) is 18.6 Å². The number of para-hydroxylation sites is 1. The molecule has 0 saturated carbocycles. The summed E-state index contributed by atoms with van der Waals surface area (Å²) >= 11 is 0. The molecule has 2 rings (SSSR count). The minimum absolute atomic E-state index is 0.00928. The first-order chi connectivity index (χ1) is 8.39. The average molecular weight is 260 g/mol. The molecule has 3 N–H and O–H groups in total. The van der Waals surface area contributed by atoms with Crippen molar-refractivity contribution < 1.29 is 22.7 Å². The Morgan fingerprint density at radius 3 is 2.78 bits per heavy atom. The fraction of sp³-hybridized carbons (Fsp3) is 0.364. The third kappa shape index (κ3) is 2.40. The second-order valence-electron chi connectivity index (χ2n) is 3.91. The molecular formula is C11H11F3N2O2. The third-order valence-electron chi connectivity index (χ3n) is 2.59. The Kier molecular flexibility index (Phi) is 3.16. The third-order valence-corrected chi connectivity index (χ3v) is 2.59. The van der Waals surface area contributed by atoms with E-state index >= 15 is 0 Å². The molecule has 0 aromatic heterocycles. The van der Waals surface area contributed by atoms with Crippen LogP contribution < -0.4 is 15.8 Å². The Hall–Kier alpha value is -1.76. The van der Waals surface area contributed by atoms with Crippen LogP contribution in [0.15, 0.2) is 18.2 Å². The molecule has 0 fully saturated rings. The molecule has 1 heterocycles. The van der Waals surface area contributed by atoms with Crippen LogP contribution in [0.2, 0.25) is 0 Å². The van der Waals surface area contributed by atoms with Gasteiger partial charge in [0.15, 0.2) is 5.75 Å². The Balaban J connectivity index is 2.46. The number of nitrogens with two attached hydrogens (primary N) is 1. The molecule has 1 unspecified atom stereocenters. The van der Waals surface area contributed by atoms with E-state index in [-0.39, 0.29) is 24.5 Å². The zero-order valence-electron chi connectivity index (χ0n) is 9.25. The molecule has 0 aliphatic carbocycles. The normalized spacial score (nSPS) is 20.2. The van der Waals surface area contributed by atoms with Gasteiger partial charge in [-0.1, -0.05) is 6.07 Å². The summed E-state index contributed by atoms with van der Waals surface area (Å²) in [4.78, 5) is 11.5. The van der Waals surface area contributed by atoms with Crippen LogP contribution in [-0.2, 0) is 11.0 Å². The molecule has 0 saturated heterocycles. The van der Waals surface area contributed by atoms with Gasteiger partial charge in [-0.3, -0.25) is 4.79 Å². The van der Waals surface area contributed by atoms with Gasteiger partial charge in [0, 0.05) is 6.42 Å². The molecule has 18 heavy (non-hydrogen) atoms. The summed E-state index contributed by atoms with van der Waals surface area (Å²) in [5.74, 6) is -0.871. The van der Waals surface area contributed by atoms with Gasteiger partial charge < -0.3 is 15.8 Å². The van der Waals surface area contributed by atoms with Crippen LogP contribution in [0.25, 0.3) is 0 Å². The average Bonchev–Trinajstić information content (AvgIpc) is 2.27. The first kappa shape index (κ1) is 12.7. The number of fused-ring (bicyclic) bond motifs is 1. The maximum absolute atomic E-state index is 12.8. The molecule has 98 valence electrons. The predicted octanol–water partition coefficient (Wildman–Crippen LogP) is 1.75. The minimum Gasteiger partial charge on any atom is -0.491 e. The van der Waals surface area contributed by atoms with E-state index in [9.17, 15) is 18.0 Å². The van der Waals surface area contributed by atoms with Crippen LogP contribution in [0.5, 0.6) is 5.75 Å². The van der Waals surface area contributed by atoms with Crippen molar-refractivity contribution in [1.82, 2.24) is 0 Å². The number of rotatable bonds is 0. The van der Waals surface area contributed by atoms with E-state index in [4.69, 9.17) is 10.5 Å². The first-order valence-corrected chi connectivity index (χ1v) is 5.29. The quantitative estimate of drug-likeness (QED) is 0.747. The van der Waals surface area contributed by atoms with E-state index in [0.29, 0.717) is 0 Å². The van der Waals surface area contributed by atoms with Gasteiger partial charge in [-0.05, 0) is 12.1 Å². The molecule has 0 spiro atoms. The number of anilines is 1. The van der Waals surface area contributed by atoms with Crippen LogP contribution >= 0.6 is 0 Å². The van der Waals surface area contributed by atoms with Gasteiger partial charge in [0.05, 0.1) is 23.9 Å². The molecule has 1 atom stereocenters. The Morgan fingerprint density at radius 2 is 2.11 bits per heavy atom. The Morgan fingerprint density at radius 1 is 1.39 bits per heavy atom. The van der Waals surface area contributed by atoms with Crippen molar-refractivity contribution in [3.63, 3.8) is 0 Å². The number of benzene rings is 1. The van der Waals surface area contributed by atoms with Gasteiger partial charge >= 0.3 is 6.18 Å². The lowest BCUT2D eigenvalue weighted by molar-refractivity contribution is -0.139. The second-order valence-corrected chi connectivity index (χ2v) is 3.91. The molecule has 4 nitrogen and oxygen atoms in total. The first-order valence-electron chi connectivity index (χ1n) is 5.29. The molecule has 1 amide bonds. The topological polar surface area (TPSA) is 64.3 Å². The number of ether oxygens (including phenoxy) is 1. The summed E-state index contributed by atoms with van der Waals surface area (Å²) in [5, 5.41) is 2.34. The maximum atomic E-state index is 12.8. The fourth-order valence-corrected chi connectivity index (χ4v) is 1.66. The van der Waals surface area contributed by atoms with Gasteiger partial charge in [0.1, 0.15) is 0 Å². The van der Waals surface area contributed by atoms with Crippen molar-refractivity contribution >= 4 is 11.6 Å². The zero-order valence-corrected chi connectivity index (χ0v) is 9.25. The van der Waals surface area contributed by atoms with Gasteiger partial charge in [-0.25, -0.2) is 0 Å². The van der Waals surface area contributed by atoms with Crippen molar-refractivity contribution in [3.8, 4) is 5.75 Å². The van der Waals surface area contributed by atoms with E-state index in [1.54, 1.807) is 0 Å². The van der Waals surface area contributed by atoms with E-state index < -0.39 is 23.7 Å². The second kappa shape index (κ2) is 4.49. The van der Waals surface area contributed by atoms with E-state index in [2.05, 4.69) is 5.32 Å². The summed E-state index contributed by atoms with van der Waals surface area (Å²) in [6, 6.07) is 2.68. The summed E-state index contributed by atoms with van der Waals surface area (Å²) in [6.45, 7) is -0.0331. The van der Waals surface area contributed by atoms with Crippen molar-refractivity contribution in [2.45, 2.75) is 18.6 Å². The number of hydrogen-bond acceptors (Lipinski definition) is 3. The molecule has 1 aliphatic heterocycles. The molecule has 7 heteroatoms. The van der Waals surface area contributed by atoms with E-state index in [1.165, 1.54) is 12.1 Å². The van der Waals surface area contributed by atoms with Crippen molar-refractivity contribution in [2.24, 2.45) is 5.73 Å². The fourth-order valence-electron chi connectivity index (χ4n) is 1.66. The zero-order chi connectivity index (χ0) is 13.3. The Labute approximate surface area is 101 Å². The minimum atomic E-state index is -4.53. The number of amides is 1. The molecule has 1 aromatic carbocycles. The molecule has 1 aromatic rings. The summed E-state index contributed by atoms with van der Waals surface area (Å²) < 4.78 is 43.4. The number of carbonyl (C=O) groups is 1. The number of carbonyl (C=O) groups excluding carboxylic acids is 1. The highest BCUT2D eigenvalue weighted by molar-refractivity contribution is 5.96. The lowest BCUT2D eigenvalue weighted by atomic mass is 10.1. The van der Waals surface area contributed by atoms with Crippen molar-refractivity contribution in [3.05, 3.63) is 23.8 Å². The molecular weight excluding hydrogens is 249 g/mol. The lowest BCUT2D eigenvalue weighted by Gasteiger charge is -2.22.